The normalized spacial score (nSPS) is 55.5. The van der Waals surface area contributed by atoms with Crippen LogP contribution in [0.5, 0.6) is 0 Å². The van der Waals surface area contributed by atoms with Crippen molar-refractivity contribution in [2.24, 2.45) is 0 Å². The van der Waals surface area contributed by atoms with Crippen molar-refractivity contribution in [1.29, 1.82) is 0 Å². The molecule has 4 heteroatoms. The Hall–Kier alpha value is 0.500. The van der Waals surface area contributed by atoms with Gasteiger partial charge in [0.25, 0.3) is 0 Å². The van der Waals surface area contributed by atoms with Gasteiger partial charge in [-0.3, -0.25) is 0 Å². The minimum absolute atomic E-state index is 0.480. The van der Waals surface area contributed by atoms with E-state index < -0.39 is 23.0 Å². The zero-order chi connectivity index (χ0) is 6.31. The average molecular weight is 157 g/mol. The van der Waals surface area contributed by atoms with Gasteiger partial charge in [-0.15, -0.1) is 23.2 Å². The maximum Gasteiger partial charge on any atom is 0.0992 e. The first-order valence-electron chi connectivity index (χ1n) is 2.29. The van der Waals surface area contributed by atoms with Crippen LogP contribution in [0.1, 0.15) is 0 Å². The van der Waals surface area contributed by atoms with Crippen molar-refractivity contribution >= 4 is 23.2 Å². The SMILES string of the molecule is OC1C(O)C(Cl)C1Cl. The summed E-state index contributed by atoms with van der Waals surface area (Å²) in [4.78, 5) is 0. The summed E-state index contributed by atoms with van der Waals surface area (Å²) >= 11 is 10.8. The van der Waals surface area contributed by atoms with Crippen LogP contribution in [0.25, 0.3) is 0 Å². The van der Waals surface area contributed by atoms with Gasteiger partial charge in [-0.2, -0.15) is 0 Å². The number of aliphatic hydroxyl groups excluding tert-OH is 2. The molecule has 1 fully saturated rings. The predicted octanol–water partition coefficient (Wildman–Crippen LogP) is -0.0634. The summed E-state index contributed by atoms with van der Waals surface area (Å²) in [6.45, 7) is 0. The molecule has 4 atom stereocenters. The second-order valence-electron chi connectivity index (χ2n) is 1.87. The monoisotopic (exact) mass is 156 g/mol. The number of aliphatic hydroxyl groups is 2. The highest BCUT2D eigenvalue weighted by Crippen LogP contribution is 2.31. The van der Waals surface area contributed by atoms with E-state index in [9.17, 15) is 0 Å². The first kappa shape index (κ1) is 6.62. The lowest BCUT2D eigenvalue weighted by Crippen LogP contribution is -2.58. The largest absolute Gasteiger partial charge is 0.389 e. The highest BCUT2D eigenvalue weighted by atomic mass is 35.5. The van der Waals surface area contributed by atoms with E-state index in [2.05, 4.69) is 0 Å². The highest BCUT2D eigenvalue weighted by molar-refractivity contribution is 6.32. The Bertz CT molecular complexity index is 66.0. The highest BCUT2D eigenvalue weighted by Gasteiger charge is 2.46. The third-order valence-corrected chi connectivity index (χ3v) is 2.49. The van der Waals surface area contributed by atoms with Crippen molar-refractivity contribution in [3.8, 4) is 0 Å². The van der Waals surface area contributed by atoms with Crippen molar-refractivity contribution in [2.75, 3.05) is 0 Å². The van der Waals surface area contributed by atoms with Gasteiger partial charge in [0.15, 0.2) is 0 Å². The van der Waals surface area contributed by atoms with Gasteiger partial charge in [-0.05, 0) is 0 Å². The molecule has 0 spiro atoms. The Morgan fingerprint density at radius 1 is 0.875 bits per heavy atom. The molecule has 0 heterocycles. The van der Waals surface area contributed by atoms with Crippen LogP contribution in [0.15, 0.2) is 0 Å². The second kappa shape index (κ2) is 2.03. The fourth-order valence-corrected chi connectivity index (χ4v) is 1.20. The topological polar surface area (TPSA) is 40.5 Å². The maximum atomic E-state index is 8.69. The molecule has 0 amide bonds. The van der Waals surface area contributed by atoms with E-state index in [0.29, 0.717) is 0 Å². The quantitative estimate of drug-likeness (QED) is 0.483. The van der Waals surface area contributed by atoms with E-state index in [1.54, 1.807) is 0 Å². The molecule has 0 aromatic heterocycles. The molecular formula is C4H6Cl2O2. The summed E-state index contributed by atoms with van der Waals surface area (Å²) in [6, 6.07) is 0. The van der Waals surface area contributed by atoms with Gasteiger partial charge in [0.1, 0.15) is 0 Å². The fraction of sp³-hybridized carbons (Fsp3) is 1.00. The molecule has 0 aliphatic heterocycles. The number of hydrogen-bond donors (Lipinski definition) is 2. The molecule has 8 heavy (non-hydrogen) atoms. The third-order valence-electron chi connectivity index (χ3n) is 1.31. The lowest BCUT2D eigenvalue weighted by atomic mass is 9.91. The minimum atomic E-state index is -0.834. The second-order valence-corrected chi connectivity index (χ2v) is 2.88. The van der Waals surface area contributed by atoms with Gasteiger partial charge >= 0.3 is 0 Å². The minimum Gasteiger partial charge on any atom is -0.389 e. The van der Waals surface area contributed by atoms with Crippen LogP contribution >= 0.6 is 23.2 Å². The van der Waals surface area contributed by atoms with Crippen LogP contribution in [0.3, 0.4) is 0 Å². The van der Waals surface area contributed by atoms with Crippen molar-refractivity contribution in [1.82, 2.24) is 0 Å². The van der Waals surface area contributed by atoms with Gasteiger partial charge in [0, 0.05) is 0 Å². The van der Waals surface area contributed by atoms with E-state index in [-0.39, 0.29) is 0 Å². The molecule has 48 valence electrons. The lowest BCUT2D eigenvalue weighted by Gasteiger charge is -2.38. The molecule has 1 rings (SSSR count). The molecular weight excluding hydrogens is 151 g/mol. The zero-order valence-corrected chi connectivity index (χ0v) is 5.47. The molecule has 0 aromatic carbocycles. The summed E-state index contributed by atoms with van der Waals surface area (Å²) < 4.78 is 0. The number of alkyl halides is 2. The van der Waals surface area contributed by atoms with E-state index in [0.717, 1.165) is 0 Å². The smallest absolute Gasteiger partial charge is 0.0992 e. The Morgan fingerprint density at radius 3 is 1.25 bits per heavy atom. The fourth-order valence-electron chi connectivity index (χ4n) is 0.608. The summed E-state index contributed by atoms with van der Waals surface area (Å²) in [5, 5.41) is 16.4. The van der Waals surface area contributed by atoms with E-state index in [1.165, 1.54) is 0 Å². The average Bonchev–Trinajstić information content (AvgIpc) is 1.83. The van der Waals surface area contributed by atoms with Gasteiger partial charge < -0.3 is 10.2 Å². The Morgan fingerprint density at radius 2 is 1.12 bits per heavy atom. The first-order chi connectivity index (χ1) is 3.64. The number of rotatable bonds is 0. The molecule has 1 aliphatic rings. The lowest BCUT2D eigenvalue weighted by molar-refractivity contribution is -0.0432. The summed E-state index contributed by atoms with van der Waals surface area (Å²) in [5.74, 6) is 0. The zero-order valence-electron chi connectivity index (χ0n) is 3.96. The molecule has 0 radical (unpaired) electrons. The maximum absolute atomic E-state index is 8.69. The Kier molecular flexibility index (Phi) is 1.68. The molecule has 1 aliphatic carbocycles. The van der Waals surface area contributed by atoms with Gasteiger partial charge in [-0.25, -0.2) is 0 Å². The molecule has 2 nitrogen and oxygen atoms in total. The van der Waals surface area contributed by atoms with Crippen LogP contribution in [0.4, 0.5) is 0 Å². The van der Waals surface area contributed by atoms with E-state index in [1.807, 2.05) is 0 Å². The predicted molar refractivity (Wildman–Crippen MR) is 31.3 cm³/mol. The summed E-state index contributed by atoms with van der Waals surface area (Å²) in [5.41, 5.74) is 0. The van der Waals surface area contributed by atoms with Crippen LogP contribution in [-0.2, 0) is 0 Å². The molecule has 0 aromatic rings. The summed E-state index contributed by atoms with van der Waals surface area (Å²) in [6.07, 6.45) is -1.67. The molecule has 4 unspecified atom stereocenters. The van der Waals surface area contributed by atoms with Crippen molar-refractivity contribution in [3.63, 3.8) is 0 Å². The van der Waals surface area contributed by atoms with Crippen molar-refractivity contribution in [3.05, 3.63) is 0 Å². The molecule has 0 bridgehead atoms. The molecule has 0 saturated heterocycles. The number of hydrogen-bond acceptors (Lipinski definition) is 2. The van der Waals surface area contributed by atoms with Crippen LogP contribution in [0.2, 0.25) is 0 Å². The van der Waals surface area contributed by atoms with Crippen LogP contribution < -0.4 is 0 Å². The van der Waals surface area contributed by atoms with Crippen molar-refractivity contribution < 1.29 is 10.2 Å². The third kappa shape index (κ3) is 0.722. The number of halogens is 2. The van der Waals surface area contributed by atoms with Crippen LogP contribution in [-0.4, -0.2) is 33.2 Å². The van der Waals surface area contributed by atoms with Gasteiger partial charge in [0.05, 0.1) is 23.0 Å². The summed E-state index contributed by atoms with van der Waals surface area (Å²) in [7, 11) is 0. The van der Waals surface area contributed by atoms with E-state index in [4.69, 9.17) is 33.4 Å². The Labute approximate surface area is 57.0 Å². The van der Waals surface area contributed by atoms with Gasteiger partial charge in [-0.1, -0.05) is 0 Å². The standard InChI is InChI=1S/C4H6Cl2O2/c5-1-2(6)4(8)3(1)7/h1-4,7-8H. The molecule has 1 saturated carbocycles. The van der Waals surface area contributed by atoms with Gasteiger partial charge in [0.2, 0.25) is 0 Å². The van der Waals surface area contributed by atoms with Crippen LogP contribution in [0, 0.1) is 0 Å². The van der Waals surface area contributed by atoms with E-state index >= 15 is 0 Å². The first-order valence-corrected chi connectivity index (χ1v) is 3.16. The molecule has 2 N–H and O–H groups in total. The Balaban J connectivity index is 2.42. The van der Waals surface area contributed by atoms with Crippen molar-refractivity contribution in [2.45, 2.75) is 23.0 Å².